The summed E-state index contributed by atoms with van der Waals surface area (Å²) in [6.45, 7) is 0.727. The topological polar surface area (TPSA) is 62.7 Å². The molecule has 0 N–H and O–H groups in total. The van der Waals surface area contributed by atoms with E-state index in [-0.39, 0.29) is 31.0 Å². The largest absolute Gasteiger partial charge is 0.482 e. The Bertz CT molecular complexity index is 824. The molecule has 1 aromatic heterocycles. The van der Waals surface area contributed by atoms with Crippen molar-refractivity contribution in [3.05, 3.63) is 54.4 Å². The van der Waals surface area contributed by atoms with Crippen LogP contribution in [0.5, 0.6) is 5.75 Å². The van der Waals surface area contributed by atoms with Crippen LogP contribution >= 0.6 is 0 Å². The van der Waals surface area contributed by atoms with Crippen molar-refractivity contribution >= 4 is 17.5 Å². The summed E-state index contributed by atoms with van der Waals surface area (Å²) in [7, 11) is 0. The lowest BCUT2D eigenvalue weighted by molar-refractivity contribution is -0.134. The molecule has 2 amide bonds. The highest BCUT2D eigenvalue weighted by atomic mass is 16.5. The molecule has 2 aliphatic heterocycles. The molecule has 6 nitrogen and oxygen atoms in total. The molecule has 0 bridgehead atoms. The minimum absolute atomic E-state index is 0.0243. The van der Waals surface area contributed by atoms with Crippen LogP contribution in [0.1, 0.15) is 37.3 Å². The molecule has 1 fully saturated rings. The van der Waals surface area contributed by atoms with Gasteiger partial charge in [0.25, 0.3) is 5.91 Å². The van der Waals surface area contributed by atoms with Crippen LogP contribution in [0.15, 0.2) is 48.8 Å². The van der Waals surface area contributed by atoms with Crippen molar-refractivity contribution in [1.82, 2.24) is 9.88 Å². The number of likely N-dealkylation sites (tertiary alicyclic amines) is 1. The molecule has 0 radical (unpaired) electrons. The van der Waals surface area contributed by atoms with Gasteiger partial charge in [-0.15, -0.1) is 0 Å². The van der Waals surface area contributed by atoms with Gasteiger partial charge in [-0.05, 0) is 42.7 Å². The lowest BCUT2D eigenvalue weighted by Crippen LogP contribution is -2.47. The summed E-state index contributed by atoms with van der Waals surface area (Å²) in [4.78, 5) is 33.2. The smallest absolute Gasteiger partial charge is 0.265 e. The molecule has 1 atom stereocenters. The first-order valence-corrected chi connectivity index (χ1v) is 9.45. The zero-order valence-electron chi connectivity index (χ0n) is 15.2. The van der Waals surface area contributed by atoms with E-state index < -0.39 is 0 Å². The second-order valence-corrected chi connectivity index (χ2v) is 6.97. The van der Waals surface area contributed by atoms with Crippen molar-refractivity contribution < 1.29 is 14.3 Å². The number of hydrogen-bond donors (Lipinski definition) is 0. The molecule has 27 heavy (non-hydrogen) atoms. The van der Waals surface area contributed by atoms with E-state index in [1.807, 2.05) is 41.3 Å². The Morgan fingerprint density at radius 3 is 2.78 bits per heavy atom. The third-order valence-electron chi connectivity index (χ3n) is 5.27. The van der Waals surface area contributed by atoms with E-state index in [2.05, 4.69) is 4.98 Å². The van der Waals surface area contributed by atoms with E-state index in [4.69, 9.17) is 4.74 Å². The van der Waals surface area contributed by atoms with Crippen LogP contribution in [-0.2, 0) is 9.59 Å². The van der Waals surface area contributed by atoms with Gasteiger partial charge in [0.2, 0.25) is 5.91 Å². The first kappa shape index (κ1) is 17.5. The van der Waals surface area contributed by atoms with Gasteiger partial charge in [-0.3, -0.25) is 19.5 Å². The van der Waals surface area contributed by atoms with Crippen molar-refractivity contribution in [2.24, 2.45) is 0 Å². The first-order valence-electron chi connectivity index (χ1n) is 9.45. The molecule has 1 saturated heterocycles. The molecule has 140 valence electrons. The maximum atomic E-state index is 13.2. The number of pyridine rings is 1. The van der Waals surface area contributed by atoms with Gasteiger partial charge in [0.15, 0.2) is 6.61 Å². The maximum Gasteiger partial charge on any atom is 0.265 e. The Hall–Kier alpha value is -2.89. The summed E-state index contributed by atoms with van der Waals surface area (Å²) in [6, 6.07) is 11.4. The third kappa shape index (κ3) is 3.65. The normalized spacial score (nSPS) is 19.9. The summed E-state index contributed by atoms with van der Waals surface area (Å²) in [5.41, 5.74) is 1.77. The number of aromatic nitrogens is 1. The van der Waals surface area contributed by atoms with Crippen molar-refractivity contribution in [2.45, 2.75) is 31.7 Å². The molecular weight excluding hydrogens is 342 g/mol. The van der Waals surface area contributed by atoms with Gasteiger partial charge in [0.1, 0.15) is 12.3 Å². The second-order valence-electron chi connectivity index (χ2n) is 6.97. The van der Waals surface area contributed by atoms with E-state index in [9.17, 15) is 9.59 Å². The highest BCUT2D eigenvalue weighted by Gasteiger charge is 2.32. The average molecular weight is 365 g/mol. The maximum absolute atomic E-state index is 13.2. The number of ether oxygens (including phenoxy) is 1. The fraction of sp³-hybridized carbons (Fsp3) is 0.381. The Morgan fingerprint density at radius 1 is 1.11 bits per heavy atom. The Labute approximate surface area is 158 Å². The highest BCUT2D eigenvalue weighted by molar-refractivity contribution is 6.02. The molecule has 3 heterocycles. The minimum Gasteiger partial charge on any atom is -0.482 e. The Kier molecular flexibility index (Phi) is 5.05. The van der Waals surface area contributed by atoms with Gasteiger partial charge in [-0.2, -0.15) is 0 Å². The molecule has 1 aromatic carbocycles. The standard InChI is InChI=1S/C21H23N3O3/c25-20(14-24-18-7-3-4-8-19(18)27-15-21(24)26)23-13-5-1-2-6-17(23)16-9-11-22-12-10-16/h3-4,7-12,17H,1-2,5-6,13-15H2. The molecular formula is C21H23N3O3. The third-order valence-corrected chi connectivity index (χ3v) is 5.27. The van der Waals surface area contributed by atoms with Gasteiger partial charge < -0.3 is 9.64 Å². The van der Waals surface area contributed by atoms with E-state index in [1.165, 1.54) is 0 Å². The minimum atomic E-state index is -0.183. The van der Waals surface area contributed by atoms with Gasteiger partial charge in [0.05, 0.1) is 11.7 Å². The highest BCUT2D eigenvalue weighted by Crippen LogP contribution is 2.33. The number of anilines is 1. The van der Waals surface area contributed by atoms with Crippen LogP contribution in [0.3, 0.4) is 0 Å². The summed E-state index contributed by atoms with van der Waals surface area (Å²) >= 11 is 0. The number of rotatable bonds is 3. The number of nitrogens with zero attached hydrogens (tertiary/aromatic N) is 3. The van der Waals surface area contributed by atoms with Crippen molar-refractivity contribution in [1.29, 1.82) is 0 Å². The first-order chi connectivity index (χ1) is 13.2. The summed E-state index contributed by atoms with van der Waals surface area (Å²) in [6.07, 6.45) is 7.67. The van der Waals surface area contributed by atoms with Gasteiger partial charge >= 0.3 is 0 Å². The van der Waals surface area contributed by atoms with E-state index in [0.717, 1.165) is 31.2 Å². The van der Waals surface area contributed by atoms with Crippen molar-refractivity contribution in [2.75, 3.05) is 24.6 Å². The number of hydrogen-bond acceptors (Lipinski definition) is 4. The van der Waals surface area contributed by atoms with Crippen LogP contribution in [0.25, 0.3) is 0 Å². The Morgan fingerprint density at radius 2 is 1.93 bits per heavy atom. The summed E-state index contributed by atoms with van der Waals surface area (Å²) < 4.78 is 5.48. The summed E-state index contributed by atoms with van der Waals surface area (Å²) in [5, 5.41) is 0. The molecule has 0 spiro atoms. The van der Waals surface area contributed by atoms with Crippen molar-refractivity contribution in [3.63, 3.8) is 0 Å². The molecule has 0 aliphatic carbocycles. The van der Waals surface area contributed by atoms with Gasteiger partial charge in [-0.1, -0.05) is 25.0 Å². The second kappa shape index (κ2) is 7.78. The summed E-state index contributed by atoms with van der Waals surface area (Å²) in [5.74, 6) is 0.438. The number of benzene rings is 1. The van der Waals surface area contributed by atoms with Gasteiger partial charge in [-0.25, -0.2) is 0 Å². The predicted molar refractivity (Wildman–Crippen MR) is 101 cm³/mol. The fourth-order valence-electron chi connectivity index (χ4n) is 3.89. The molecule has 2 aromatic rings. The monoisotopic (exact) mass is 365 g/mol. The van der Waals surface area contributed by atoms with Crippen LogP contribution in [0.4, 0.5) is 5.69 Å². The number of fused-ring (bicyclic) bond motifs is 1. The molecule has 0 saturated carbocycles. The van der Waals surface area contributed by atoms with E-state index >= 15 is 0 Å². The van der Waals surface area contributed by atoms with E-state index in [1.54, 1.807) is 17.3 Å². The van der Waals surface area contributed by atoms with Crippen LogP contribution in [-0.4, -0.2) is 41.4 Å². The molecule has 6 heteroatoms. The number of carbonyl (C=O) groups excluding carboxylic acids is 2. The molecule has 1 unspecified atom stereocenters. The lowest BCUT2D eigenvalue weighted by atomic mass is 10.0. The number of amides is 2. The van der Waals surface area contributed by atoms with E-state index in [0.29, 0.717) is 18.0 Å². The lowest BCUT2D eigenvalue weighted by Gasteiger charge is -2.34. The SMILES string of the molecule is O=C1COc2ccccc2N1CC(=O)N1CCCCCC1c1ccncc1. The molecule has 4 rings (SSSR count). The zero-order valence-corrected chi connectivity index (χ0v) is 15.2. The van der Waals surface area contributed by atoms with Crippen LogP contribution in [0.2, 0.25) is 0 Å². The van der Waals surface area contributed by atoms with Crippen LogP contribution in [0, 0.1) is 0 Å². The average Bonchev–Trinajstić information content (AvgIpc) is 2.97. The number of carbonyl (C=O) groups is 2. The van der Waals surface area contributed by atoms with Crippen LogP contribution < -0.4 is 9.64 Å². The number of para-hydroxylation sites is 2. The molecule has 2 aliphatic rings. The van der Waals surface area contributed by atoms with Gasteiger partial charge in [0, 0.05) is 18.9 Å². The zero-order chi connectivity index (χ0) is 18.6. The predicted octanol–water partition coefficient (Wildman–Crippen LogP) is 2.95. The van der Waals surface area contributed by atoms with Crippen molar-refractivity contribution in [3.8, 4) is 5.75 Å². The quantitative estimate of drug-likeness (QED) is 0.839. The fourth-order valence-corrected chi connectivity index (χ4v) is 3.89. The Balaban J connectivity index is 1.58.